The maximum atomic E-state index is 10.8. The van der Waals surface area contributed by atoms with E-state index in [1.807, 2.05) is 12.1 Å². The summed E-state index contributed by atoms with van der Waals surface area (Å²) in [5.74, 6) is -0.914. The Morgan fingerprint density at radius 1 is 1.59 bits per heavy atom. The van der Waals surface area contributed by atoms with E-state index in [0.717, 1.165) is 29.7 Å². The summed E-state index contributed by atoms with van der Waals surface area (Å²) in [7, 11) is 0. The molecule has 17 heavy (non-hydrogen) atoms. The number of anilines is 1. The van der Waals surface area contributed by atoms with Crippen LogP contribution in [-0.2, 0) is 0 Å². The minimum atomic E-state index is -0.914. The topological polar surface area (TPSA) is 40.5 Å². The molecule has 0 fully saturated rings. The van der Waals surface area contributed by atoms with Crippen LogP contribution in [0.5, 0.6) is 0 Å². The predicted molar refractivity (Wildman–Crippen MR) is 73.8 cm³/mol. The lowest BCUT2D eigenvalue weighted by atomic mass is 10.2. The van der Waals surface area contributed by atoms with Crippen LogP contribution in [-0.4, -0.2) is 24.2 Å². The van der Waals surface area contributed by atoms with Crippen LogP contribution >= 0.6 is 15.9 Å². The number of carbonyl (C=O) groups is 1. The molecule has 0 saturated heterocycles. The van der Waals surface area contributed by atoms with Gasteiger partial charge in [-0.15, -0.1) is 6.58 Å². The molecule has 0 radical (unpaired) electrons. The number of aromatic carboxylic acids is 1. The smallest absolute Gasteiger partial charge is 0.335 e. The molecule has 0 unspecified atom stereocenters. The highest BCUT2D eigenvalue weighted by Gasteiger charge is 2.11. The van der Waals surface area contributed by atoms with Crippen LogP contribution in [0.4, 0.5) is 5.69 Å². The summed E-state index contributed by atoms with van der Waals surface area (Å²) in [6.07, 6.45) is 2.87. The van der Waals surface area contributed by atoms with Crippen molar-refractivity contribution in [3.63, 3.8) is 0 Å². The zero-order valence-corrected chi connectivity index (χ0v) is 11.4. The Balaban J connectivity index is 3.03. The lowest BCUT2D eigenvalue weighted by molar-refractivity contribution is 0.0697. The summed E-state index contributed by atoms with van der Waals surface area (Å²) in [6, 6.07) is 5.07. The molecule has 1 rings (SSSR count). The van der Waals surface area contributed by atoms with Gasteiger partial charge in [0, 0.05) is 17.6 Å². The minimum Gasteiger partial charge on any atom is -0.478 e. The van der Waals surface area contributed by atoms with Crippen molar-refractivity contribution in [2.45, 2.75) is 13.3 Å². The highest BCUT2D eigenvalue weighted by atomic mass is 79.9. The number of carboxylic acid groups (broad SMARTS) is 1. The first-order chi connectivity index (χ1) is 8.10. The maximum Gasteiger partial charge on any atom is 0.335 e. The Kier molecular flexibility index (Phi) is 5.22. The van der Waals surface area contributed by atoms with Crippen LogP contribution in [0.3, 0.4) is 0 Å². The van der Waals surface area contributed by atoms with Crippen molar-refractivity contribution >= 4 is 27.6 Å². The third-order valence-corrected chi connectivity index (χ3v) is 3.01. The number of hydrogen-bond acceptors (Lipinski definition) is 2. The average molecular weight is 298 g/mol. The van der Waals surface area contributed by atoms with Crippen LogP contribution in [0.15, 0.2) is 35.3 Å². The van der Waals surface area contributed by atoms with E-state index in [-0.39, 0.29) is 5.56 Å². The molecule has 0 aliphatic heterocycles. The van der Waals surface area contributed by atoms with Crippen molar-refractivity contribution in [2.24, 2.45) is 0 Å². The van der Waals surface area contributed by atoms with Gasteiger partial charge in [0.15, 0.2) is 0 Å². The summed E-state index contributed by atoms with van der Waals surface area (Å²) in [5.41, 5.74) is 1.28. The highest BCUT2D eigenvalue weighted by Crippen LogP contribution is 2.27. The van der Waals surface area contributed by atoms with Crippen LogP contribution in [0.1, 0.15) is 23.7 Å². The van der Waals surface area contributed by atoms with E-state index in [9.17, 15) is 4.79 Å². The normalized spacial score (nSPS) is 10.0. The molecule has 0 atom stereocenters. The van der Waals surface area contributed by atoms with Crippen LogP contribution < -0.4 is 4.90 Å². The van der Waals surface area contributed by atoms with Gasteiger partial charge in [0.25, 0.3) is 0 Å². The number of nitrogens with zero attached hydrogens (tertiary/aromatic N) is 1. The van der Waals surface area contributed by atoms with Gasteiger partial charge < -0.3 is 10.0 Å². The van der Waals surface area contributed by atoms with Crippen molar-refractivity contribution in [2.75, 3.05) is 18.0 Å². The molecule has 0 bridgehead atoms. The van der Waals surface area contributed by atoms with Gasteiger partial charge in [0.2, 0.25) is 0 Å². The third-order valence-electron chi connectivity index (χ3n) is 2.38. The first-order valence-electron chi connectivity index (χ1n) is 5.48. The second-order valence-corrected chi connectivity index (χ2v) is 4.56. The van der Waals surface area contributed by atoms with E-state index in [1.54, 1.807) is 12.1 Å². The second-order valence-electron chi connectivity index (χ2n) is 3.71. The molecule has 0 amide bonds. The van der Waals surface area contributed by atoms with Gasteiger partial charge in [-0.05, 0) is 40.5 Å². The first-order valence-corrected chi connectivity index (χ1v) is 6.28. The fourth-order valence-electron chi connectivity index (χ4n) is 1.63. The number of hydrogen-bond donors (Lipinski definition) is 1. The number of carboxylic acids is 1. The lowest BCUT2D eigenvalue weighted by Crippen LogP contribution is -2.24. The molecule has 0 aliphatic carbocycles. The molecule has 0 aliphatic rings. The number of rotatable bonds is 6. The monoisotopic (exact) mass is 297 g/mol. The Bertz CT molecular complexity index is 418. The second kappa shape index (κ2) is 6.45. The summed E-state index contributed by atoms with van der Waals surface area (Å²) in [4.78, 5) is 13.0. The van der Waals surface area contributed by atoms with Crippen molar-refractivity contribution in [1.82, 2.24) is 0 Å². The van der Waals surface area contributed by atoms with E-state index in [0.29, 0.717) is 0 Å². The van der Waals surface area contributed by atoms with E-state index in [2.05, 4.69) is 34.3 Å². The molecule has 92 valence electrons. The summed E-state index contributed by atoms with van der Waals surface area (Å²) in [6.45, 7) is 7.50. The van der Waals surface area contributed by atoms with Gasteiger partial charge in [-0.1, -0.05) is 13.0 Å². The van der Waals surface area contributed by atoms with Gasteiger partial charge in [-0.3, -0.25) is 0 Å². The molecule has 1 aromatic rings. The van der Waals surface area contributed by atoms with Crippen LogP contribution in [0, 0.1) is 0 Å². The maximum absolute atomic E-state index is 10.8. The van der Waals surface area contributed by atoms with E-state index in [4.69, 9.17) is 5.11 Å². The molecule has 0 heterocycles. The zero-order valence-electron chi connectivity index (χ0n) is 9.82. The number of halogens is 1. The van der Waals surface area contributed by atoms with Gasteiger partial charge >= 0.3 is 5.97 Å². The van der Waals surface area contributed by atoms with Crippen molar-refractivity contribution in [1.29, 1.82) is 0 Å². The Morgan fingerprint density at radius 2 is 2.29 bits per heavy atom. The quantitative estimate of drug-likeness (QED) is 0.816. The van der Waals surface area contributed by atoms with Gasteiger partial charge in [-0.2, -0.15) is 0 Å². The zero-order chi connectivity index (χ0) is 12.8. The fourth-order valence-corrected chi connectivity index (χ4v) is 2.26. The Hall–Kier alpha value is -1.29. The van der Waals surface area contributed by atoms with E-state index >= 15 is 0 Å². The first kappa shape index (κ1) is 13.8. The molecule has 3 nitrogen and oxygen atoms in total. The molecule has 0 spiro atoms. The van der Waals surface area contributed by atoms with Crippen molar-refractivity contribution in [3.8, 4) is 0 Å². The summed E-state index contributed by atoms with van der Waals surface area (Å²) in [5, 5.41) is 8.89. The molecule has 0 saturated carbocycles. The highest BCUT2D eigenvalue weighted by molar-refractivity contribution is 9.10. The largest absolute Gasteiger partial charge is 0.478 e. The fraction of sp³-hybridized carbons (Fsp3) is 0.308. The number of benzene rings is 1. The summed E-state index contributed by atoms with van der Waals surface area (Å²) < 4.78 is 0.799. The molecule has 1 N–H and O–H groups in total. The van der Waals surface area contributed by atoms with Crippen LogP contribution in [0.25, 0.3) is 0 Å². The Labute approximate surface area is 110 Å². The SMILES string of the molecule is C=CCN(CCC)c1ccc(C(=O)O)cc1Br. The van der Waals surface area contributed by atoms with E-state index in [1.165, 1.54) is 0 Å². The molecular weight excluding hydrogens is 282 g/mol. The molecule has 4 heteroatoms. The molecular formula is C13H16BrNO2. The Morgan fingerprint density at radius 3 is 2.76 bits per heavy atom. The van der Waals surface area contributed by atoms with Gasteiger partial charge in [-0.25, -0.2) is 4.79 Å². The predicted octanol–water partition coefficient (Wildman–Crippen LogP) is 3.55. The molecule has 0 aromatic heterocycles. The minimum absolute atomic E-state index is 0.288. The lowest BCUT2D eigenvalue weighted by Gasteiger charge is -2.24. The van der Waals surface area contributed by atoms with Gasteiger partial charge in [0.05, 0.1) is 11.3 Å². The summed E-state index contributed by atoms with van der Waals surface area (Å²) >= 11 is 3.42. The van der Waals surface area contributed by atoms with Crippen LogP contribution in [0.2, 0.25) is 0 Å². The average Bonchev–Trinajstić information content (AvgIpc) is 2.28. The standard InChI is InChI=1S/C13H16BrNO2/c1-3-7-15(8-4-2)12-6-5-10(13(16)17)9-11(12)14/h3,5-6,9H,1,4,7-8H2,2H3,(H,16,17). The molecule has 1 aromatic carbocycles. The van der Waals surface area contributed by atoms with E-state index < -0.39 is 5.97 Å². The van der Waals surface area contributed by atoms with Crippen molar-refractivity contribution in [3.05, 3.63) is 40.9 Å². The van der Waals surface area contributed by atoms with Gasteiger partial charge in [0.1, 0.15) is 0 Å². The van der Waals surface area contributed by atoms with Crippen molar-refractivity contribution < 1.29 is 9.90 Å². The third kappa shape index (κ3) is 3.60.